The van der Waals surface area contributed by atoms with Crippen molar-refractivity contribution in [1.29, 1.82) is 0 Å². The summed E-state index contributed by atoms with van der Waals surface area (Å²) in [7, 11) is 0. The first kappa shape index (κ1) is 34.7. The number of hydrogen-bond donors (Lipinski definition) is 0. The molecule has 1 fully saturated rings. The van der Waals surface area contributed by atoms with Gasteiger partial charge in [0.25, 0.3) is 0 Å². The monoisotopic (exact) mass is 808 g/mol. The predicted molar refractivity (Wildman–Crippen MR) is 252 cm³/mol. The molecule has 0 N–H and O–H groups in total. The van der Waals surface area contributed by atoms with Crippen molar-refractivity contribution in [2.75, 3.05) is 9.80 Å². The molecule has 4 aliphatic rings. The Bertz CT molecular complexity index is 3130. The highest BCUT2D eigenvalue weighted by Crippen LogP contribution is 2.66. The second-order valence-electron chi connectivity index (χ2n) is 17.1. The van der Waals surface area contributed by atoms with Crippen LogP contribution < -0.4 is 9.80 Å². The zero-order valence-electron chi connectivity index (χ0n) is 33.2. The van der Waals surface area contributed by atoms with Gasteiger partial charge in [-0.3, -0.25) is 0 Å². The molecule has 3 nitrogen and oxygen atoms in total. The first-order valence-corrected chi connectivity index (χ1v) is 22.7. The fourth-order valence-corrected chi connectivity index (χ4v) is 14.3. The van der Waals surface area contributed by atoms with E-state index in [4.69, 9.17) is 4.42 Å². The van der Waals surface area contributed by atoms with Gasteiger partial charge in [-0.15, -0.1) is 23.5 Å². The maximum Gasteiger partial charge on any atom is 0.143 e. The van der Waals surface area contributed by atoms with Crippen molar-refractivity contribution >= 4 is 68.2 Å². The molecule has 13 rings (SSSR count). The number of para-hydroxylation sites is 2. The van der Waals surface area contributed by atoms with Crippen LogP contribution in [0, 0.1) is 0 Å². The largest absolute Gasteiger partial charge is 0.455 e. The van der Waals surface area contributed by atoms with Gasteiger partial charge in [0, 0.05) is 59.1 Å². The number of benzene rings is 8. The molecule has 1 saturated heterocycles. The third kappa shape index (κ3) is 4.88. The summed E-state index contributed by atoms with van der Waals surface area (Å²) < 4.78 is 6.49. The second kappa shape index (κ2) is 12.9. The fraction of sp³-hybridized carbons (Fsp3) is 0.127. The number of hydrogen-bond acceptors (Lipinski definition) is 5. The molecule has 0 amide bonds. The third-order valence-electron chi connectivity index (χ3n) is 13.6. The minimum atomic E-state index is -0.182. The summed E-state index contributed by atoms with van der Waals surface area (Å²) in [5, 5.41) is 3.26. The van der Waals surface area contributed by atoms with Crippen molar-refractivity contribution in [3.05, 3.63) is 204 Å². The van der Waals surface area contributed by atoms with E-state index in [0.717, 1.165) is 44.4 Å². The Morgan fingerprint density at radius 3 is 1.82 bits per heavy atom. The zero-order chi connectivity index (χ0) is 39.7. The van der Waals surface area contributed by atoms with Crippen molar-refractivity contribution < 1.29 is 4.42 Å². The van der Waals surface area contributed by atoms with E-state index >= 15 is 0 Å². The van der Waals surface area contributed by atoms with Gasteiger partial charge in [0.05, 0.1) is 17.8 Å². The maximum atomic E-state index is 6.49. The maximum absolute atomic E-state index is 6.49. The molecule has 60 heavy (non-hydrogen) atoms. The highest BCUT2D eigenvalue weighted by Gasteiger charge is 2.57. The molecule has 0 saturated carbocycles. The van der Waals surface area contributed by atoms with E-state index < -0.39 is 0 Å². The molecule has 0 bridgehead atoms. The van der Waals surface area contributed by atoms with Crippen LogP contribution in [0.25, 0.3) is 44.2 Å². The summed E-state index contributed by atoms with van der Waals surface area (Å²) in [6.45, 7) is 4.77. The van der Waals surface area contributed by atoms with Gasteiger partial charge in [0.15, 0.2) is 0 Å². The summed E-state index contributed by atoms with van der Waals surface area (Å²) in [4.78, 5) is 8.10. The summed E-state index contributed by atoms with van der Waals surface area (Å²) in [6, 6.07) is 68.0. The highest BCUT2D eigenvalue weighted by atomic mass is 32.2. The van der Waals surface area contributed by atoms with Crippen LogP contribution in [0.5, 0.6) is 0 Å². The van der Waals surface area contributed by atoms with Crippen LogP contribution in [0.1, 0.15) is 48.2 Å². The number of thioether (sulfide) groups is 2. The lowest BCUT2D eigenvalue weighted by Gasteiger charge is -2.34. The van der Waals surface area contributed by atoms with Gasteiger partial charge in [0.2, 0.25) is 0 Å². The van der Waals surface area contributed by atoms with Gasteiger partial charge in [-0.2, -0.15) is 0 Å². The van der Waals surface area contributed by atoms with Crippen molar-refractivity contribution in [2.24, 2.45) is 0 Å². The number of nitrogens with zero attached hydrogens (tertiary/aromatic N) is 2. The van der Waals surface area contributed by atoms with Gasteiger partial charge in [-0.1, -0.05) is 135 Å². The minimum Gasteiger partial charge on any atom is -0.455 e. The quantitative estimate of drug-likeness (QED) is 0.172. The van der Waals surface area contributed by atoms with E-state index in [1.54, 1.807) is 0 Å². The standard InChI is InChI=1S/C55H40N2OS2/c1-55(2)44-20-7-3-13-38(44)40-18-12-21-45(49(40)55)56(34-27-25-33(26-28-34)37-17-11-19-41-39-14-4-8-22-46(39)58-52(37)41)35-29-31-36(32-30-35)57-50-42-15-5-9-23-47(42)59-53(50)54-51(57)43-16-6-10-24-48(43)60-54/h3-32,50-51,53-54H,1-2H3. The van der Waals surface area contributed by atoms with Gasteiger partial charge >= 0.3 is 0 Å². The van der Waals surface area contributed by atoms with Crippen LogP contribution in [-0.4, -0.2) is 10.5 Å². The minimum absolute atomic E-state index is 0.182. The van der Waals surface area contributed by atoms with Crippen LogP contribution >= 0.6 is 23.5 Å². The zero-order valence-corrected chi connectivity index (χ0v) is 34.9. The Morgan fingerprint density at radius 2 is 1.08 bits per heavy atom. The van der Waals surface area contributed by atoms with Crippen LogP contribution in [0.3, 0.4) is 0 Å². The average Bonchev–Trinajstić information content (AvgIpc) is 4.08. The summed E-state index contributed by atoms with van der Waals surface area (Å²) in [5.74, 6) is 0. The van der Waals surface area contributed by atoms with E-state index in [1.807, 2.05) is 6.07 Å². The molecule has 5 heteroatoms. The van der Waals surface area contributed by atoms with Crippen LogP contribution in [0.15, 0.2) is 196 Å². The third-order valence-corrected chi connectivity index (χ3v) is 16.7. The Balaban J connectivity index is 0.952. The Labute approximate surface area is 358 Å². The van der Waals surface area contributed by atoms with Crippen molar-refractivity contribution in [2.45, 2.75) is 51.6 Å². The molecule has 9 aromatic rings. The molecule has 4 atom stereocenters. The van der Waals surface area contributed by atoms with Crippen molar-refractivity contribution in [1.82, 2.24) is 0 Å². The molecule has 8 aromatic carbocycles. The van der Waals surface area contributed by atoms with Gasteiger partial charge in [0.1, 0.15) is 11.2 Å². The molecule has 4 unspecified atom stereocenters. The number of anilines is 4. The molecule has 0 spiro atoms. The molecule has 1 aromatic heterocycles. The van der Waals surface area contributed by atoms with Crippen molar-refractivity contribution in [3.63, 3.8) is 0 Å². The lowest BCUT2D eigenvalue weighted by Crippen LogP contribution is -2.27. The van der Waals surface area contributed by atoms with Gasteiger partial charge in [-0.05, 0) is 99.6 Å². The summed E-state index contributed by atoms with van der Waals surface area (Å²) >= 11 is 4.17. The Hall–Kier alpha value is -6.14. The highest BCUT2D eigenvalue weighted by molar-refractivity contribution is 8.04. The van der Waals surface area contributed by atoms with Gasteiger partial charge < -0.3 is 14.2 Å². The molecule has 4 heterocycles. The predicted octanol–water partition coefficient (Wildman–Crippen LogP) is 15.3. The number of rotatable bonds is 5. The second-order valence-corrected chi connectivity index (χ2v) is 19.5. The van der Waals surface area contributed by atoms with Crippen molar-refractivity contribution in [3.8, 4) is 22.3 Å². The lowest BCUT2D eigenvalue weighted by molar-refractivity contribution is 0.660. The first-order valence-electron chi connectivity index (χ1n) is 21.0. The Kier molecular flexibility index (Phi) is 7.48. The smallest absolute Gasteiger partial charge is 0.143 e. The normalized spacial score (nSPS) is 20.1. The number of furan rings is 1. The van der Waals surface area contributed by atoms with E-state index in [9.17, 15) is 0 Å². The molecule has 288 valence electrons. The molecule has 0 radical (unpaired) electrons. The molecular formula is C55H40N2OS2. The fourth-order valence-electron chi connectivity index (χ4n) is 11.0. The summed E-state index contributed by atoms with van der Waals surface area (Å²) in [6.07, 6.45) is 0. The summed E-state index contributed by atoms with van der Waals surface area (Å²) in [5.41, 5.74) is 16.9. The van der Waals surface area contributed by atoms with Crippen LogP contribution in [0.2, 0.25) is 0 Å². The number of fused-ring (bicyclic) bond motifs is 13. The van der Waals surface area contributed by atoms with Crippen LogP contribution in [-0.2, 0) is 5.41 Å². The molecule has 3 aliphatic heterocycles. The van der Waals surface area contributed by atoms with E-state index in [-0.39, 0.29) is 5.41 Å². The van der Waals surface area contributed by atoms with E-state index in [2.05, 4.69) is 223 Å². The van der Waals surface area contributed by atoms with Crippen LogP contribution in [0.4, 0.5) is 22.7 Å². The average molecular weight is 809 g/mol. The SMILES string of the molecule is CC1(C)c2ccccc2-c2cccc(N(c3ccc(-c4cccc5c4oc4ccccc45)cc3)c3ccc(N4C5c6ccccc6SC5C5Sc6ccccc6C54)cc3)c21. The first-order chi connectivity index (χ1) is 29.5. The van der Waals surface area contributed by atoms with E-state index in [1.165, 1.54) is 54.5 Å². The van der Waals surface area contributed by atoms with Gasteiger partial charge in [-0.25, -0.2) is 0 Å². The Morgan fingerprint density at radius 1 is 0.517 bits per heavy atom. The molecule has 1 aliphatic carbocycles. The topological polar surface area (TPSA) is 19.6 Å². The van der Waals surface area contributed by atoms with E-state index in [0.29, 0.717) is 22.6 Å². The lowest BCUT2D eigenvalue weighted by atomic mass is 9.81. The molecular weight excluding hydrogens is 769 g/mol.